The van der Waals surface area contributed by atoms with E-state index in [-0.39, 0.29) is 12.1 Å². The van der Waals surface area contributed by atoms with Crippen LogP contribution in [0.5, 0.6) is 0 Å². The maximum atomic E-state index is 12.9. The maximum Gasteiger partial charge on any atom is 0.244 e. The topological polar surface area (TPSA) is 32.3 Å². The Labute approximate surface area is 131 Å². The SMILES string of the molecule is CCC1(C)NC(c2cccc(Cl)c2)N(C2CCCC2)C1=O. The first-order chi connectivity index (χ1) is 10.0. The molecule has 1 aliphatic heterocycles. The zero-order valence-electron chi connectivity index (χ0n) is 12.7. The third-order valence-electron chi connectivity index (χ3n) is 5.03. The van der Waals surface area contributed by atoms with Crippen molar-refractivity contribution < 1.29 is 4.79 Å². The molecule has 2 unspecified atom stereocenters. The lowest BCUT2D eigenvalue weighted by atomic mass is 9.99. The predicted octanol–water partition coefficient (Wildman–Crippen LogP) is 3.88. The summed E-state index contributed by atoms with van der Waals surface area (Å²) in [4.78, 5) is 15.0. The fourth-order valence-corrected chi connectivity index (χ4v) is 3.77. The summed E-state index contributed by atoms with van der Waals surface area (Å²) < 4.78 is 0. The Hall–Kier alpha value is -1.06. The molecule has 1 aliphatic carbocycles. The van der Waals surface area contributed by atoms with E-state index in [1.54, 1.807) is 0 Å². The van der Waals surface area contributed by atoms with E-state index in [1.807, 2.05) is 25.1 Å². The first-order valence-corrected chi connectivity index (χ1v) is 8.29. The minimum atomic E-state index is -0.463. The standard InChI is InChI=1S/C17H23ClN2O/c1-3-17(2)16(21)20(14-9-4-5-10-14)15(19-17)12-7-6-8-13(18)11-12/h6-8,11,14-15,19H,3-5,9-10H2,1-2H3. The minimum absolute atomic E-state index is 0.0516. The fourth-order valence-electron chi connectivity index (χ4n) is 3.57. The number of benzene rings is 1. The molecule has 2 aliphatic rings. The number of rotatable bonds is 3. The molecule has 114 valence electrons. The Bertz CT molecular complexity index is 541. The number of nitrogens with one attached hydrogen (secondary N) is 1. The minimum Gasteiger partial charge on any atom is -0.318 e. The molecule has 4 heteroatoms. The van der Waals surface area contributed by atoms with Crippen molar-refractivity contribution in [2.75, 3.05) is 0 Å². The zero-order chi connectivity index (χ0) is 15.0. The highest BCUT2D eigenvalue weighted by atomic mass is 35.5. The Kier molecular flexibility index (Phi) is 3.98. The van der Waals surface area contributed by atoms with Crippen LogP contribution >= 0.6 is 11.6 Å². The summed E-state index contributed by atoms with van der Waals surface area (Å²) in [6.07, 6.45) is 5.42. The van der Waals surface area contributed by atoms with Crippen LogP contribution < -0.4 is 5.32 Å². The quantitative estimate of drug-likeness (QED) is 0.919. The van der Waals surface area contributed by atoms with Gasteiger partial charge in [-0.3, -0.25) is 10.1 Å². The first-order valence-electron chi connectivity index (χ1n) is 7.91. The van der Waals surface area contributed by atoms with Crippen molar-refractivity contribution >= 4 is 17.5 Å². The molecule has 0 spiro atoms. The molecule has 1 saturated carbocycles. The monoisotopic (exact) mass is 306 g/mol. The van der Waals surface area contributed by atoms with E-state index in [4.69, 9.17) is 11.6 Å². The highest BCUT2D eigenvalue weighted by Crippen LogP contribution is 2.38. The summed E-state index contributed by atoms with van der Waals surface area (Å²) in [5, 5.41) is 4.28. The van der Waals surface area contributed by atoms with Gasteiger partial charge in [-0.05, 0) is 43.9 Å². The number of hydrogen-bond donors (Lipinski definition) is 1. The number of halogens is 1. The van der Waals surface area contributed by atoms with Gasteiger partial charge in [0.2, 0.25) is 5.91 Å². The third-order valence-corrected chi connectivity index (χ3v) is 5.26. The molecule has 21 heavy (non-hydrogen) atoms. The average Bonchev–Trinajstić information content (AvgIpc) is 3.07. The first kappa shape index (κ1) is 14.9. The third kappa shape index (κ3) is 2.58. The lowest BCUT2D eigenvalue weighted by molar-refractivity contribution is -0.135. The molecule has 0 radical (unpaired) electrons. The highest BCUT2D eigenvalue weighted by molar-refractivity contribution is 6.30. The Balaban J connectivity index is 1.97. The number of carbonyl (C=O) groups is 1. The van der Waals surface area contributed by atoms with Crippen molar-refractivity contribution in [2.45, 2.75) is 63.7 Å². The van der Waals surface area contributed by atoms with Gasteiger partial charge in [-0.2, -0.15) is 0 Å². The summed E-state index contributed by atoms with van der Waals surface area (Å²) in [5.41, 5.74) is 0.621. The van der Waals surface area contributed by atoms with Gasteiger partial charge in [0.25, 0.3) is 0 Å². The lowest BCUT2D eigenvalue weighted by Crippen LogP contribution is -2.44. The number of carbonyl (C=O) groups excluding carboxylic acids is 1. The van der Waals surface area contributed by atoms with Gasteiger partial charge in [-0.15, -0.1) is 0 Å². The fraction of sp³-hybridized carbons (Fsp3) is 0.588. The van der Waals surface area contributed by atoms with Crippen LogP contribution in [0.25, 0.3) is 0 Å². The molecule has 1 N–H and O–H groups in total. The second-order valence-electron chi connectivity index (χ2n) is 6.44. The number of amides is 1. The molecule has 1 saturated heterocycles. The van der Waals surface area contributed by atoms with Crippen molar-refractivity contribution in [1.29, 1.82) is 0 Å². The van der Waals surface area contributed by atoms with E-state index < -0.39 is 5.54 Å². The summed E-state index contributed by atoms with van der Waals surface area (Å²) in [6.45, 7) is 4.08. The van der Waals surface area contributed by atoms with Gasteiger partial charge in [-0.1, -0.05) is 43.5 Å². The van der Waals surface area contributed by atoms with Gasteiger partial charge in [0.15, 0.2) is 0 Å². The van der Waals surface area contributed by atoms with Crippen LogP contribution in [0.2, 0.25) is 5.02 Å². The smallest absolute Gasteiger partial charge is 0.244 e. The molecular formula is C17H23ClN2O. The number of nitrogens with zero attached hydrogens (tertiary/aromatic N) is 1. The second kappa shape index (κ2) is 5.62. The van der Waals surface area contributed by atoms with Gasteiger partial charge in [0, 0.05) is 11.1 Å². The summed E-state index contributed by atoms with van der Waals surface area (Å²) >= 11 is 6.14. The van der Waals surface area contributed by atoms with Crippen LogP contribution in [-0.4, -0.2) is 22.4 Å². The van der Waals surface area contributed by atoms with Crippen LogP contribution in [0.4, 0.5) is 0 Å². The van der Waals surface area contributed by atoms with Gasteiger partial charge in [-0.25, -0.2) is 0 Å². The van der Waals surface area contributed by atoms with Crippen molar-refractivity contribution in [2.24, 2.45) is 0 Å². The molecule has 3 rings (SSSR count). The molecule has 0 aromatic heterocycles. The van der Waals surface area contributed by atoms with Gasteiger partial charge in [0.1, 0.15) is 6.17 Å². The van der Waals surface area contributed by atoms with Crippen molar-refractivity contribution in [3.05, 3.63) is 34.9 Å². The molecule has 1 amide bonds. The van der Waals surface area contributed by atoms with E-state index in [2.05, 4.69) is 23.2 Å². The molecule has 2 atom stereocenters. The van der Waals surface area contributed by atoms with Crippen molar-refractivity contribution in [3.63, 3.8) is 0 Å². The normalized spacial score (nSPS) is 30.3. The Morgan fingerprint density at radius 2 is 2.10 bits per heavy atom. The average molecular weight is 307 g/mol. The van der Waals surface area contributed by atoms with E-state index in [9.17, 15) is 4.79 Å². The summed E-state index contributed by atoms with van der Waals surface area (Å²) in [7, 11) is 0. The molecule has 2 fully saturated rings. The van der Waals surface area contributed by atoms with Gasteiger partial charge in [0.05, 0.1) is 5.54 Å². The summed E-state index contributed by atoms with van der Waals surface area (Å²) in [6, 6.07) is 8.22. The maximum absolute atomic E-state index is 12.9. The van der Waals surface area contributed by atoms with Crippen LogP contribution in [0, 0.1) is 0 Å². The second-order valence-corrected chi connectivity index (χ2v) is 6.87. The van der Waals surface area contributed by atoms with Crippen LogP contribution in [0.1, 0.15) is 57.7 Å². The lowest BCUT2D eigenvalue weighted by Gasteiger charge is -2.30. The van der Waals surface area contributed by atoms with E-state index in [0.717, 1.165) is 29.8 Å². The molecule has 1 aromatic carbocycles. The summed E-state index contributed by atoms with van der Waals surface area (Å²) in [5.74, 6) is 0.238. The molecule has 0 bridgehead atoms. The number of hydrogen-bond acceptors (Lipinski definition) is 2. The molecule has 1 heterocycles. The van der Waals surface area contributed by atoms with Crippen LogP contribution in [0.3, 0.4) is 0 Å². The largest absolute Gasteiger partial charge is 0.318 e. The Morgan fingerprint density at radius 3 is 2.71 bits per heavy atom. The van der Waals surface area contributed by atoms with Crippen LogP contribution in [-0.2, 0) is 4.79 Å². The van der Waals surface area contributed by atoms with Crippen LogP contribution in [0.15, 0.2) is 24.3 Å². The molecular weight excluding hydrogens is 284 g/mol. The van der Waals surface area contributed by atoms with Gasteiger partial charge < -0.3 is 4.90 Å². The zero-order valence-corrected chi connectivity index (χ0v) is 13.5. The van der Waals surface area contributed by atoms with E-state index in [1.165, 1.54) is 12.8 Å². The predicted molar refractivity (Wildman–Crippen MR) is 85.1 cm³/mol. The molecule has 1 aromatic rings. The Morgan fingerprint density at radius 1 is 1.38 bits per heavy atom. The van der Waals surface area contributed by atoms with Gasteiger partial charge >= 0.3 is 0 Å². The molecule has 3 nitrogen and oxygen atoms in total. The van der Waals surface area contributed by atoms with E-state index in [0.29, 0.717) is 6.04 Å². The van der Waals surface area contributed by atoms with E-state index >= 15 is 0 Å². The van der Waals surface area contributed by atoms with Crippen molar-refractivity contribution in [3.8, 4) is 0 Å². The van der Waals surface area contributed by atoms with Crippen molar-refractivity contribution in [1.82, 2.24) is 10.2 Å². The highest BCUT2D eigenvalue weighted by Gasteiger charge is 2.49.